The van der Waals surface area contributed by atoms with Gasteiger partial charge in [0.05, 0.1) is 29.4 Å². The topological polar surface area (TPSA) is 108 Å². The number of phenolic OH excluding ortho intramolecular Hbond substituents is 1. The van der Waals surface area contributed by atoms with Gasteiger partial charge in [-0.05, 0) is 18.2 Å². The summed E-state index contributed by atoms with van der Waals surface area (Å²) in [6.07, 6.45) is 0. The number of fused-ring (bicyclic) bond motifs is 1. The Morgan fingerprint density at radius 1 is 1.11 bits per heavy atom. The second kappa shape index (κ2) is 6.45. The molecule has 0 radical (unpaired) electrons. The molecule has 2 aromatic heterocycles. The number of carbonyl (C=O) groups is 1. The number of nitrogens with zero attached hydrogens (tertiary/aromatic N) is 2. The SMILES string of the molecule is COc1cccc(-c2cc(C(=O)O)c3c(-c4ccccc4)[nH]nc3n2)c1O. The molecule has 0 fully saturated rings. The fourth-order valence-electron chi connectivity index (χ4n) is 3.04. The molecule has 3 N–H and O–H groups in total. The Balaban J connectivity index is 1.98. The summed E-state index contributed by atoms with van der Waals surface area (Å²) in [6.45, 7) is 0. The van der Waals surface area contributed by atoms with Gasteiger partial charge in [0.15, 0.2) is 17.1 Å². The number of carboxylic acids is 1. The first-order chi connectivity index (χ1) is 13.1. The predicted molar refractivity (Wildman–Crippen MR) is 99.9 cm³/mol. The fourth-order valence-corrected chi connectivity index (χ4v) is 3.04. The molecule has 0 spiro atoms. The zero-order valence-electron chi connectivity index (χ0n) is 14.3. The van der Waals surface area contributed by atoms with Crippen molar-refractivity contribution in [2.45, 2.75) is 0 Å². The van der Waals surface area contributed by atoms with Crippen LogP contribution in [0.5, 0.6) is 11.5 Å². The second-order valence-corrected chi connectivity index (χ2v) is 5.88. The van der Waals surface area contributed by atoms with Crippen LogP contribution in [0.4, 0.5) is 0 Å². The van der Waals surface area contributed by atoms with Crippen molar-refractivity contribution in [3.05, 3.63) is 60.2 Å². The van der Waals surface area contributed by atoms with Crippen molar-refractivity contribution in [1.82, 2.24) is 15.2 Å². The number of aromatic carboxylic acids is 1. The second-order valence-electron chi connectivity index (χ2n) is 5.88. The number of nitrogens with one attached hydrogen (secondary N) is 1. The third kappa shape index (κ3) is 2.75. The molecule has 0 amide bonds. The summed E-state index contributed by atoms with van der Waals surface area (Å²) in [6, 6.07) is 15.7. The molecule has 2 heterocycles. The largest absolute Gasteiger partial charge is 0.504 e. The Hall–Kier alpha value is -3.87. The van der Waals surface area contributed by atoms with Crippen molar-refractivity contribution in [2.75, 3.05) is 7.11 Å². The highest BCUT2D eigenvalue weighted by Crippen LogP contribution is 2.38. The molecule has 0 aliphatic rings. The van der Waals surface area contributed by atoms with Crippen molar-refractivity contribution in [3.63, 3.8) is 0 Å². The molecule has 0 saturated carbocycles. The van der Waals surface area contributed by atoms with Crippen LogP contribution in [-0.2, 0) is 0 Å². The van der Waals surface area contributed by atoms with Crippen molar-refractivity contribution in [3.8, 4) is 34.0 Å². The van der Waals surface area contributed by atoms with Gasteiger partial charge in [0.2, 0.25) is 0 Å². The van der Waals surface area contributed by atoms with E-state index in [1.807, 2.05) is 30.3 Å². The maximum absolute atomic E-state index is 11.9. The van der Waals surface area contributed by atoms with Crippen LogP contribution in [0.2, 0.25) is 0 Å². The third-order valence-electron chi connectivity index (χ3n) is 4.31. The molecule has 0 bridgehead atoms. The van der Waals surface area contributed by atoms with E-state index in [0.717, 1.165) is 5.56 Å². The highest BCUT2D eigenvalue weighted by Gasteiger charge is 2.21. The molecule has 4 rings (SSSR count). The van der Waals surface area contributed by atoms with Crippen LogP contribution in [0, 0.1) is 0 Å². The normalized spacial score (nSPS) is 10.9. The van der Waals surface area contributed by atoms with Gasteiger partial charge < -0.3 is 14.9 Å². The van der Waals surface area contributed by atoms with Gasteiger partial charge in [0, 0.05) is 11.1 Å². The van der Waals surface area contributed by atoms with E-state index in [1.54, 1.807) is 18.2 Å². The van der Waals surface area contributed by atoms with Crippen molar-refractivity contribution in [2.24, 2.45) is 0 Å². The smallest absolute Gasteiger partial charge is 0.336 e. The average Bonchev–Trinajstić information content (AvgIpc) is 3.12. The van der Waals surface area contributed by atoms with Crippen LogP contribution in [0.25, 0.3) is 33.5 Å². The first-order valence-electron chi connectivity index (χ1n) is 8.14. The van der Waals surface area contributed by atoms with E-state index >= 15 is 0 Å². The maximum atomic E-state index is 11.9. The number of hydrogen-bond donors (Lipinski definition) is 3. The zero-order chi connectivity index (χ0) is 19.0. The van der Waals surface area contributed by atoms with E-state index in [4.69, 9.17) is 4.74 Å². The van der Waals surface area contributed by atoms with Gasteiger partial charge >= 0.3 is 5.97 Å². The van der Waals surface area contributed by atoms with Gasteiger partial charge in [-0.2, -0.15) is 5.10 Å². The predicted octanol–water partition coefficient (Wildman–Crippen LogP) is 3.70. The van der Waals surface area contributed by atoms with Gasteiger partial charge in [-0.25, -0.2) is 9.78 Å². The number of pyridine rings is 1. The van der Waals surface area contributed by atoms with Gasteiger partial charge in [0.25, 0.3) is 0 Å². The monoisotopic (exact) mass is 361 g/mol. The molecule has 0 saturated heterocycles. The number of hydrogen-bond acceptors (Lipinski definition) is 5. The number of aromatic nitrogens is 3. The molecule has 27 heavy (non-hydrogen) atoms. The van der Waals surface area contributed by atoms with E-state index in [9.17, 15) is 15.0 Å². The van der Waals surface area contributed by atoms with Gasteiger partial charge in [-0.15, -0.1) is 0 Å². The summed E-state index contributed by atoms with van der Waals surface area (Å²) in [7, 11) is 1.44. The highest BCUT2D eigenvalue weighted by atomic mass is 16.5. The first kappa shape index (κ1) is 16.6. The summed E-state index contributed by atoms with van der Waals surface area (Å²) in [5.74, 6) is -0.940. The maximum Gasteiger partial charge on any atom is 0.336 e. The van der Waals surface area contributed by atoms with E-state index in [0.29, 0.717) is 22.3 Å². The number of aromatic hydroxyl groups is 1. The number of benzene rings is 2. The number of ether oxygens (including phenoxy) is 1. The lowest BCUT2D eigenvalue weighted by atomic mass is 10.0. The highest BCUT2D eigenvalue weighted by molar-refractivity contribution is 6.08. The van der Waals surface area contributed by atoms with Crippen LogP contribution in [0.1, 0.15) is 10.4 Å². The Morgan fingerprint density at radius 2 is 1.89 bits per heavy atom. The number of carboxylic acid groups (broad SMARTS) is 1. The van der Waals surface area contributed by atoms with Crippen molar-refractivity contribution >= 4 is 17.0 Å². The summed E-state index contributed by atoms with van der Waals surface area (Å²) in [5.41, 5.74) is 2.35. The van der Waals surface area contributed by atoms with E-state index in [1.165, 1.54) is 13.2 Å². The van der Waals surface area contributed by atoms with Crippen molar-refractivity contribution in [1.29, 1.82) is 0 Å². The molecular formula is C20H15N3O4. The quantitative estimate of drug-likeness (QED) is 0.511. The Labute approximate surface area is 153 Å². The van der Waals surface area contributed by atoms with E-state index in [-0.39, 0.29) is 22.7 Å². The lowest BCUT2D eigenvalue weighted by Gasteiger charge is -2.09. The Kier molecular flexibility index (Phi) is 3.97. The molecule has 7 heteroatoms. The molecule has 2 aromatic carbocycles. The fraction of sp³-hybridized carbons (Fsp3) is 0.0500. The lowest BCUT2D eigenvalue weighted by molar-refractivity contribution is 0.0699. The Bertz CT molecular complexity index is 1150. The molecule has 4 aromatic rings. The molecule has 0 aliphatic heterocycles. The summed E-state index contributed by atoms with van der Waals surface area (Å²) < 4.78 is 5.12. The summed E-state index contributed by atoms with van der Waals surface area (Å²) in [5, 5.41) is 27.6. The first-order valence-corrected chi connectivity index (χ1v) is 8.14. The molecule has 0 atom stereocenters. The number of H-pyrrole nitrogens is 1. The van der Waals surface area contributed by atoms with Crippen LogP contribution >= 0.6 is 0 Å². The zero-order valence-corrected chi connectivity index (χ0v) is 14.3. The number of methoxy groups -OCH3 is 1. The average molecular weight is 361 g/mol. The third-order valence-corrected chi connectivity index (χ3v) is 4.31. The van der Waals surface area contributed by atoms with Crippen molar-refractivity contribution < 1.29 is 19.7 Å². The van der Waals surface area contributed by atoms with Crippen LogP contribution in [-0.4, -0.2) is 38.5 Å². The molecule has 134 valence electrons. The number of para-hydroxylation sites is 1. The number of phenols is 1. The standard InChI is InChI=1S/C20H15N3O4/c1-27-15-9-5-8-12(18(15)24)14-10-13(20(25)26)16-17(22-23-19(16)21-14)11-6-3-2-4-7-11/h2-10,24H,1H3,(H,25,26)(H,21,22,23). The van der Waals surface area contributed by atoms with E-state index in [2.05, 4.69) is 15.2 Å². The summed E-state index contributed by atoms with van der Waals surface area (Å²) in [4.78, 5) is 16.4. The van der Waals surface area contributed by atoms with E-state index < -0.39 is 5.97 Å². The van der Waals surface area contributed by atoms with Gasteiger partial charge in [-0.3, -0.25) is 5.10 Å². The van der Waals surface area contributed by atoms with Crippen LogP contribution < -0.4 is 4.74 Å². The van der Waals surface area contributed by atoms with Gasteiger partial charge in [0.1, 0.15) is 0 Å². The van der Waals surface area contributed by atoms with Crippen LogP contribution in [0.15, 0.2) is 54.6 Å². The minimum atomic E-state index is -1.11. The summed E-state index contributed by atoms with van der Waals surface area (Å²) >= 11 is 0. The molecule has 0 unspecified atom stereocenters. The molecule has 0 aliphatic carbocycles. The lowest BCUT2D eigenvalue weighted by Crippen LogP contribution is -2.00. The number of aromatic amines is 1. The minimum absolute atomic E-state index is 0.0461. The molecule has 7 nitrogen and oxygen atoms in total. The molecular weight excluding hydrogens is 346 g/mol. The Morgan fingerprint density at radius 3 is 2.59 bits per heavy atom. The number of rotatable bonds is 4. The van der Waals surface area contributed by atoms with Crippen LogP contribution in [0.3, 0.4) is 0 Å². The minimum Gasteiger partial charge on any atom is -0.504 e. The van der Waals surface area contributed by atoms with Gasteiger partial charge in [-0.1, -0.05) is 36.4 Å².